The molecule has 104 valence electrons. The van der Waals surface area contributed by atoms with E-state index in [9.17, 15) is 4.79 Å². The van der Waals surface area contributed by atoms with E-state index in [1.165, 1.54) is 5.56 Å². The molecule has 0 bridgehead atoms. The normalized spacial score (nSPS) is 17.6. The highest BCUT2D eigenvalue weighted by molar-refractivity contribution is 5.83. The number of nitrogens with zero attached hydrogens (tertiary/aromatic N) is 2. The SMILES string of the molecule is Cn1cc(CNC(=O)C2NCCc3ccccc32)cn1. The molecule has 2 heterocycles. The van der Waals surface area contributed by atoms with Gasteiger partial charge in [-0.15, -0.1) is 0 Å². The lowest BCUT2D eigenvalue weighted by molar-refractivity contribution is -0.123. The standard InChI is InChI=1S/C15H18N4O/c1-19-10-11(9-18-19)8-17-15(20)14-13-5-3-2-4-12(13)6-7-16-14/h2-5,9-10,14,16H,6-8H2,1H3,(H,17,20). The predicted molar refractivity (Wildman–Crippen MR) is 75.9 cm³/mol. The maximum atomic E-state index is 12.3. The van der Waals surface area contributed by atoms with E-state index in [4.69, 9.17) is 0 Å². The van der Waals surface area contributed by atoms with Crippen molar-refractivity contribution in [3.8, 4) is 0 Å². The lowest BCUT2D eigenvalue weighted by Crippen LogP contribution is -2.41. The molecule has 1 atom stereocenters. The lowest BCUT2D eigenvalue weighted by Gasteiger charge is -2.25. The van der Waals surface area contributed by atoms with Crippen LogP contribution in [0.4, 0.5) is 0 Å². The van der Waals surface area contributed by atoms with Crippen LogP contribution in [0.15, 0.2) is 36.7 Å². The topological polar surface area (TPSA) is 59.0 Å². The Balaban J connectivity index is 1.69. The van der Waals surface area contributed by atoms with Gasteiger partial charge in [-0.25, -0.2) is 0 Å². The number of hydrogen-bond donors (Lipinski definition) is 2. The van der Waals surface area contributed by atoms with Gasteiger partial charge in [-0.1, -0.05) is 24.3 Å². The van der Waals surface area contributed by atoms with Gasteiger partial charge in [-0.2, -0.15) is 5.10 Å². The molecule has 1 aliphatic heterocycles. The van der Waals surface area contributed by atoms with E-state index in [1.807, 2.05) is 31.4 Å². The minimum atomic E-state index is -0.253. The zero-order chi connectivity index (χ0) is 13.9. The monoisotopic (exact) mass is 270 g/mol. The Labute approximate surface area is 118 Å². The van der Waals surface area contributed by atoms with Crippen molar-refractivity contribution >= 4 is 5.91 Å². The first-order chi connectivity index (χ1) is 9.74. The average Bonchev–Trinajstić information content (AvgIpc) is 2.90. The van der Waals surface area contributed by atoms with E-state index in [2.05, 4.69) is 21.8 Å². The van der Waals surface area contributed by atoms with Gasteiger partial charge in [0.15, 0.2) is 0 Å². The highest BCUT2D eigenvalue weighted by atomic mass is 16.2. The molecule has 1 aromatic carbocycles. The number of fused-ring (bicyclic) bond motifs is 1. The predicted octanol–water partition coefficient (Wildman–Crippen LogP) is 0.923. The first-order valence-corrected chi connectivity index (χ1v) is 6.80. The van der Waals surface area contributed by atoms with Gasteiger partial charge >= 0.3 is 0 Å². The van der Waals surface area contributed by atoms with Crippen molar-refractivity contribution in [2.24, 2.45) is 7.05 Å². The fourth-order valence-electron chi connectivity index (χ4n) is 2.59. The molecule has 1 aliphatic rings. The molecule has 0 fully saturated rings. The number of benzene rings is 1. The Morgan fingerprint density at radius 3 is 3.15 bits per heavy atom. The third-order valence-corrected chi connectivity index (χ3v) is 3.60. The third kappa shape index (κ3) is 2.58. The van der Waals surface area contributed by atoms with Crippen molar-refractivity contribution in [2.75, 3.05) is 6.54 Å². The molecule has 1 aromatic heterocycles. The molecule has 1 unspecified atom stereocenters. The largest absolute Gasteiger partial charge is 0.350 e. The molecule has 0 saturated heterocycles. The third-order valence-electron chi connectivity index (χ3n) is 3.60. The summed E-state index contributed by atoms with van der Waals surface area (Å²) in [6.45, 7) is 1.34. The molecule has 3 rings (SSSR count). The van der Waals surface area contributed by atoms with Crippen LogP contribution in [-0.4, -0.2) is 22.2 Å². The maximum absolute atomic E-state index is 12.3. The van der Waals surface area contributed by atoms with Gasteiger partial charge in [0.25, 0.3) is 0 Å². The van der Waals surface area contributed by atoms with E-state index < -0.39 is 0 Å². The summed E-state index contributed by atoms with van der Waals surface area (Å²) >= 11 is 0. The molecular formula is C15H18N4O. The molecule has 0 radical (unpaired) electrons. The van der Waals surface area contributed by atoms with Crippen LogP contribution < -0.4 is 10.6 Å². The van der Waals surface area contributed by atoms with Gasteiger partial charge in [-0.05, 0) is 17.5 Å². The van der Waals surface area contributed by atoms with Crippen molar-refractivity contribution < 1.29 is 4.79 Å². The number of nitrogens with one attached hydrogen (secondary N) is 2. The van der Waals surface area contributed by atoms with Crippen LogP contribution in [-0.2, 0) is 24.8 Å². The van der Waals surface area contributed by atoms with Crippen molar-refractivity contribution in [1.82, 2.24) is 20.4 Å². The highest BCUT2D eigenvalue weighted by Crippen LogP contribution is 2.22. The number of amides is 1. The van der Waals surface area contributed by atoms with Crippen molar-refractivity contribution in [3.05, 3.63) is 53.3 Å². The Bertz CT molecular complexity index is 620. The zero-order valence-electron chi connectivity index (χ0n) is 11.5. The fourth-order valence-corrected chi connectivity index (χ4v) is 2.59. The Kier molecular flexibility index (Phi) is 3.52. The number of rotatable bonds is 3. The molecule has 2 N–H and O–H groups in total. The summed E-state index contributed by atoms with van der Waals surface area (Å²) in [7, 11) is 1.87. The van der Waals surface area contributed by atoms with Crippen LogP contribution >= 0.6 is 0 Å². The molecule has 0 saturated carbocycles. The zero-order valence-corrected chi connectivity index (χ0v) is 11.5. The highest BCUT2D eigenvalue weighted by Gasteiger charge is 2.25. The molecular weight excluding hydrogens is 252 g/mol. The van der Waals surface area contributed by atoms with Crippen LogP contribution in [0.3, 0.4) is 0 Å². The minimum absolute atomic E-state index is 0.0148. The second-order valence-corrected chi connectivity index (χ2v) is 5.08. The molecule has 0 aliphatic carbocycles. The first kappa shape index (κ1) is 12.9. The molecule has 20 heavy (non-hydrogen) atoms. The molecule has 5 nitrogen and oxygen atoms in total. The van der Waals surface area contributed by atoms with E-state index >= 15 is 0 Å². The quantitative estimate of drug-likeness (QED) is 0.872. The lowest BCUT2D eigenvalue weighted by atomic mass is 9.94. The van der Waals surface area contributed by atoms with Gasteiger partial charge in [0.1, 0.15) is 6.04 Å². The van der Waals surface area contributed by atoms with E-state index in [0.717, 1.165) is 24.1 Å². The van der Waals surface area contributed by atoms with Gasteiger partial charge in [0, 0.05) is 31.9 Å². The Hall–Kier alpha value is -2.14. The van der Waals surface area contributed by atoms with E-state index in [-0.39, 0.29) is 11.9 Å². The van der Waals surface area contributed by atoms with Gasteiger partial charge in [0.2, 0.25) is 5.91 Å². The minimum Gasteiger partial charge on any atom is -0.350 e. The van der Waals surface area contributed by atoms with Gasteiger partial charge in [-0.3, -0.25) is 9.48 Å². The number of aryl methyl sites for hydroxylation is 1. The fraction of sp³-hybridized carbons (Fsp3) is 0.333. The Morgan fingerprint density at radius 2 is 2.35 bits per heavy atom. The summed E-state index contributed by atoms with van der Waals surface area (Å²) in [4.78, 5) is 12.3. The van der Waals surface area contributed by atoms with Gasteiger partial charge in [0.05, 0.1) is 6.20 Å². The smallest absolute Gasteiger partial charge is 0.242 e. The summed E-state index contributed by atoms with van der Waals surface area (Å²) in [5, 5.41) is 10.3. The number of carbonyl (C=O) groups excluding carboxylic acids is 1. The van der Waals surface area contributed by atoms with Crippen LogP contribution in [0.25, 0.3) is 0 Å². The van der Waals surface area contributed by atoms with Crippen molar-refractivity contribution in [1.29, 1.82) is 0 Å². The second kappa shape index (κ2) is 5.46. The van der Waals surface area contributed by atoms with E-state index in [0.29, 0.717) is 6.54 Å². The first-order valence-electron chi connectivity index (χ1n) is 6.80. The molecule has 5 heteroatoms. The maximum Gasteiger partial charge on any atom is 0.242 e. The van der Waals surface area contributed by atoms with Crippen molar-refractivity contribution in [3.63, 3.8) is 0 Å². The molecule has 1 amide bonds. The molecule has 2 aromatic rings. The van der Waals surface area contributed by atoms with Crippen LogP contribution in [0, 0.1) is 0 Å². The summed E-state index contributed by atoms with van der Waals surface area (Å²) in [5.41, 5.74) is 3.35. The summed E-state index contributed by atoms with van der Waals surface area (Å²) in [5.74, 6) is 0.0148. The van der Waals surface area contributed by atoms with Gasteiger partial charge < -0.3 is 10.6 Å². The van der Waals surface area contributed by atoms with Crippen LogP contribution in [0.2, 0.25) is 0 Å². The molecule has 0 spiro atoms. The second-order valence-electron chi connectivity index (χ2n) is 5.08. The van der Waals surface area contributed by atoms with Crippen molar-refractivity contribution in [2.45, 2.75) is 19.0 Å². The van der Waals surface area contributed by atoms with Crippen LogP contribution in [0.5, 0.6) is 0 Å². The number of hydrogen-bond acceptors (Lipinski definition) is 3. The Morgan fingerprint density at radius 1 is 1.50 bits per heavy atom. The van der Waals surface area contributed by atoms with E-state index in [1.54, 1.807) is 10.9 Å². The average molecular weight is 270 g/mol. The summed E-state index contributed by atoms with van der Waals surface area (Å²) in [6, 6.07) is 7.87. The summed E-state index contributed by atoms with van der Waals surface area (Å²) in [6.07, 6.45) is 4.65. The summed E-state index contributed by atoms with van der Waals surface area (Å²) < 4.78 is 1.73. The number of carbonyl (C=O) groups is 1. The van der Waals surface area contributed by atoms with Crippen LogP contribution in [0.1, 0.15) is 22.7 Å². The number of aromatic nitrogens is 2.